The summed E-state index contributed by atoms with van der Waals surface area (Å²) in [5.41, 5.74) is 1.86. The van der Waals surface area contributed by atoms with Gasteiger partial charge >= 0.3 is 0 Å². The fraction of sp³-hybridized carbons (Fsp3) is 0.167. The normalized spacial score (nSPS) is 11.0. The van der Waals surface area contributed by atoms with E-state index >= 15 is 0 Å². The maximum Gasteiger partial charge on any atom is 0.188 e. The Morgan fingerprint density at radius 2 is 2.33 bits per heavy atom. The van der Waals surface area contributed by atoms with Crippen LogP contribution in [-0.4, -0.2) is 14.8 Å². The van der Waals surface area contributed by atoms with Crippen LogP contribution in [0.3, 0.4) is 0 Å². The summed E-state index contributed by atoms with van der Waals surface area (Å²) in [6.07, 6.45) is 3.75. The minimum atomic E-state index is 0.707. The number of hydrogen-bond acceptors (Lipinski definition) is 4. The third-order valence-electron chi connectivity index (χ3n) is 2.56. The summed E-state index contributed by atoms with van der Waals surface area (Å²) in [4.78, 5) is 4.49. The molecule has 1 aromatic carbocycles. The van der Waals surface area contributed by atoms with Crippen molar-refractivity contribution in [2.45, 2.75) is 13.5 Å². The van der Waals surface area contributed by atoms with Crippen LogP contribution in [0, 0.1) is 0 Å². The van der Waals surface area contributed by atoms with E-state index in [1.807, 2.05) is 29.1 Å². The van der Waals surface area contributed by atoms with E-state index in [1.54, 1.807) is 17.5 Å². The SMILES string of the molecule is CCn1cc(Nc2nc3cc(Cl)ccc3s2)cn1. The first-order valence-electron chi connectivity index (χ1n) is 5.60. The van der Waals surface area contributed by atoms with Crippen molar-refractivity contribution in [3.05, 3.63) is 35.6 Å². The van der Waals surface area contributed by atoms with E-state index in [0.717, 1.165) is 27.6 Å². The van der Waals surface area contributed by atoms with E-state index in [-0.39, 0.29) is 0 Å². The molecule has 3 rings (SSSR count). The van der Waals surface area contributed by atoms with Crippen LogP contribution >= 0.6 is 22.9 Å². The molecule has 0 aliphatic carbocycles. The van der Waals surface area contributed by atoms with Gasteiger partial charge in [-0.25, -0.2) is 4.98 Å². The molecule has 0 saturated carbocycles. The molecule has 0 atom stereocenters. The molecule has 0 spiro atoms. The topological polar surface area (TPSA) is 42.7 Å². The second-order valence-corrected chi connectivity index (χ2v) is 5.31. The lowest BCUT2D eigenvalue weighted by Gasteiger charge is -1.95. The highest BCUT2D eigenvalue weighted by Crippen LogP contribution is 2.29. The zero-order valence-electron chi connectivity index (χ0n) is 9.72. The number of thiazole rings is 1. The predicted molar refractivity (Wildman–Crippen MR) is 75.8 cm³/mol. The van der Waals surface area contributed by atoms with Gasteiger partial charge in [0.15, 0.2) is 5.13 Å². The van der Waals surface area contributed by atoms with E-state index < -0.39 is 0 Å². The Morgan fingerprint density at radius 3 is 3.11 bits per heavy atom. The molecule has 2 heterocycles. The number of anilines is 2. The molecule has 18 heavy (non-hydrogen) atoms. The van der Waals surface area contributed by atoms with E-state index in [2.05, 4.69) is 22.3 Å². The van der Waals surface area contributed by atoms with Gasteiger partial charge in [0, 0.05) is 17.8 Å². The van der Waals surface area contributed by atoms with Gasteiger partial charge in [-0.2, -0.15) is 5.10 Å². The van der Waals surface area contributed by atoms with E-state index in [0.29, 0.717) is 5.02 Å². The highest BCUT2D eigenvalue weighted by molar-refractivity contribution is 7.22. The minimum absolute atomic E-state index is 0.707. The van der Waals surface area contributed by atoms with Gasteiger partial charge in [0.1, 0.15) is 0 Å². The number of hydrogen-bond donors (Lipinski definition) is 1. The number of halogens is 1. The molecule has 0 amide bonds. The van der Waals surface area contributed by atoms with Crippen LogP contribution in [0.1, 0.15) is 6.92 Å². The molecule has 0 saturated heterocycles. The van der Waals surface area contributed by atoms with E-state index in [1.165, 1.54) is 0 Å². The summed E-state index contributed by atoms with van der Waals surface area (Å²) >= 11 is 7.54. The van der Waals surface area contributed by atoms with Crippen LogP contribution in [0.15, 0.2) is 30.6 Å². The number of benzene rings is 1. The molecule has 1 N–H and O–H groups in total. The summed E-state index contributed by atoms with van der Waals surface area (Å²) in [5.74, 6) is 0. The van der Waals surface area contributed by atoms with Crippen LogP contribution < -0.4 is 5.32 Å². The van der Waals surface area contributed by atoms with Crippen molar-refractivity contribution in [1.29, 1.82) is 0 Å². The first kappa shape index (κ1) is 11.5. The van der Waals surface area contributed by atoms with Crippen LogP contribution in [-0.2, 0) is 6.54 Å². The number of aromatic nitrogens is 3. The molecule has 0 unspecified atom stereocenters. The number of fused-ring (bicyclic) bond motifs is 1. The molecule has 2 aromatic heterocycles. The lowest BCUT2D eigenvalue weighted by Crippen LogP contribution is -1.92. The van der Waals surface area contributed by atoms with E-state index in [4.69, 9.17) is 11.6 Å². The number of nitrogens with zero attached hydrogens (tertiary/aromatic N) is 3. The monoisotopic (exact) mass is 278 g/mol. The smallest absolute Gasteiger partial charge is 0.188 e. The predicted octanol–water partition coefficient (Wildman–Crippen LogP) is 3.91. The van der Waals surface area contributed by atoms with Crippen molar-refractivity contribution in [2.24, 2.45) is 0 Å². The molecule has 3 aromatic rings. The summed E-state index contributed by atoms with van der Waals surface area (Å²) in [5, 5.41) is 9.01. The fourth-order valence-corrected chi connectivity index (χ4v) is 2.71. The maximum absolute atomic E-state index is 5.94. The number of rotatable bonds is 3. The van der Waals surface area contributed by atoms with Crippen molar-refractivity contribution in [1.82, 2.24) is 14.8 Å². The summed E-state index contributed by atoms with van der Waals surface area (Å²) < 4.78 is 2.98. The lowest BCUT2D eigenvalue weighted by molar-refractivity contribution is 0.660. The molecular weight excluding hydrogens is 268 g/mol. The molecule has 0 bridgehead atoms. The molecule has 4 nitrogen and oxygen atoms in total. The molecule has 6 heteroatoms. The fourth-order valence-electron chi connectivity index (χ4n) is 1.68. The Balaban J connectivity index is 1.90. The second kappa shape index (κ2) is 4.59. The summed E-state index contributed by atoms with van der Waals surface area (Å²) in [7, 11) is 0. The Bertz CT molecular complexity index is 688. The Morgan fingerprint density at radius 1 is 1.44 bits per heavy atom. The summed E-state index contributed by atoms with van der Waals surface area (Å²) in [6.45, 7) is 2.91. The van der Waals surface area contributed by atoms with Gasteiger partial charge in [-0.05, 0) is 25.1 Å². The molecular formula is C12H11ClN4S. The van der Waals surface area contributed by atoms with Crippen molar-refractivity contribution >= 4 is 44.0 Å². The van der Waals surface area contributed by atoms with Crippen LogP contribution in [0.25, 0.3) is 10.2 Å². The highest BCUT2D eigenvalue weighted by Gasteiger charge is 2.05. The standard InChI is InChI=1S/C12H11ClN4S/c1-2-17-7-9(6-14-17)15-12-16-10-5-8(13)3-4-11(10)18-12/h3-7H,2H2,1H3,(H,15,16). The van der Waals surface area contributed by atoms with Gasteiger partial charge in [-0.1, -0.05) is 22.9 Å². The zero-order chi connectivity index (χ0) is 12.5. The van der Waals surface area contributed by atoms with Gasteiger partial charge in [-0.3, -0.25) is 4.68 Å². The van der Waals surface area contributed by atoms with Crippen molar-refractivity contribution in [2.75, 3.05) is 5.32 Å². The van der Waals surface area contributed by atoms with Gasteiger partial charge in [0.25, 0.3) is 0 Å². The Kier molecular flexibility index (Phi) is 2.93. The largest absolute Gasteiger partial charge is 0.329 e. The lowest BCUT2D eigenvalue weighted by atomic mass is 10.3. The van der Waals surface area contributed by atoms with Gasteiger partial charge in [0.05, 0.1) is 22.1 Å². The highest BCUT2D eigenvalue weighted by atomic mass is 35.5. The molecule has 0 radical (unpaired) electrons. The zero-order valence-corrected chi connectivity index (χ0v) is 11.3. The molecule has 0 aliphatic rings. The van der Waals surface area contributed by atoms with Crippen molar-refractivity contribution < 1.29 is 0 Å². The third kappa shape index (κ3) is 2.19. The van der Waals surface area contributed by atoms with Crippen LogP contribution in [0.4, 0.5) is 10.8 Å². The maximum atomic E-state index is 5.94. The van der Waals surface area contributed by atoms with Crippen LogP contribution in [0.2, 0.25) is 5.02 Å². The molecule has 0 fully saturated rings. The quantitative estimate of drug-likeness (QED) is 0.790. The number of aryl methyl sites for hydroxylation is 1. The van der Waals surface area contributed by atoms with Crippen LogP contribution in [0.5, 0.6) is 0 Å². The third-order valence-corrected chi connectivity index (χ3v) is 3.75. The summed E-state index contributed by atoms with van der Waals surface area (Å²) in [6, 6.07) is 5.73. The van der Waals surface area contributed by atoms with Gasteiger partial charge in [0.2, 0.25) is 0 Å². The first-order chi connectivity index (χ1) is 8.74. The first-order valence-corrected chi connectivity index (χ1v) is 6.79. The van der Waals surface area contributed by atoms with Gasteiger partial charge < -0.3 is 5.32 Å². The average molecular weight is 279 g/mol. The van der Waals surface area contributed by atoms with E-state index in [9.17, 15) is 0 Å². The van der Waals surface area contributed by atoms with Crippen molar-refractivity contribution in [3.8, 4) is 0 Å². The number of nitrogens with one attached hydrogen (secondary N) is 1. The molecule has 0 aliphatic heterocycles. The Labute approximate surface area is 113 Å². The van der Waals surface area contributed by atoms with Gasteiger partial charge in [-0.15, -0.1) is 0 Å². The second-order valence-electron chi connectivity index (χ2n) is 3.84. The van der Waals surface area contributed by atoms with Crippen molar-refractivity contribution in [3.63, 3.8) is 0 Å². The average Bonchev–Trinajstić information content (AvgIpc) is 2.95. The minimum Gasteiger partial charge on any atom is -0.329 e. The Hall–Kier alpha value is -1.59. The molecule has 92 valence electrons.